The molecule has 0 saturated carbocycles. The second-order valence-electron chi connectivity index (χ2n) is 4.52. The summed E-state index contributed by atoms with van der Waals surface area (Å²) in [6.45, 7) is 5.08. The summed E-state index contributed by atoms with van der Waals surface area (Å²) in [4.78, 5) is 22.1. The van der Waals surface area contributed by atoms with Crippen LogP contribution >= 0.6 is 15.9 Å². The number of carbonyl (C=O) groups excluding carboxylic acids is 1. The molecule has 0 aliphatic heterocycles. The zero-order chi connectivity index (χ0) is 12.9. The lowest BCUT2D eigenvalue weighted by Crippen LogP contribution is -2.33. The molecule has 0 radical (unpaired) electrons. The third-order valence-electron chi connectivity index (χ3n) is 1.72. The molecule has 0 aromatic carbocycles. The highest BCUT2D eigenvalue weighted by molar-refractivity contribution is 9.09. The fourth-order valence-electron chi connectivity index (χ4n) is 1.04. The van der Waals surface area contributed by atoms with Crippen LogP contribution in [-0.4, -0.2) is 27.6 Å². The van der Waals surface area contributed by atoms with Gasteiger partial charge < -0.3 is 15.6 Å². The Kier molecular flexibility index (Phi) is 5.96. The van der Waals surface area contributed by atoms with Crippen LogP contribution in [0.3, 0.4) is 0 Å². The van der Waals surface area contributed by atoms with Crippen LogP contribution < -0.4 is 5.73 Å². The third-order valence-corrected chi connectivity index (χ3v) is 2.18. The van der Waals surface area contributed by atoms with Crippen molar-refractivity contribution in [3.8, 4) is 0 Å². The molecule has 0 aliphatic carbocycles. The predicted molar refractivity (Wildman–Crippen MR) is 63.1 cm³/mol. The van der Waals surface area contributed by atoms with E-state index in [0.29, 0.717) is 6.42 Å². The van der Waals surface area contributed by atoms with Gasteiger partial charge in [0.25, 0.3) is 0 Å². The first-order valence-electron chi connectivity index (χ1n) is 4.99. The van der Waals surface area contributed by atoms with Crippen molar-refractivity contribution in [1.82, 2.24) is 0 Å². The lowest BCUT2D eigenvalue weighted by molar-refractivity contribution is -0.167. The number of carboxylic acids is 1. The minimum absolute atomic E-state index is 0.163. The first-order valence-corrected chi connectivity index (χ1v) is 5.90. The van der Waals surface area contributed by atoms with Crippen LogP contribution in [0.2, 0.25) is 0 Å². The Hall–Kier alpha value is -0.620. The summed E-state index contributed by atoms with van der Waals surface area (Å²) in [5.41, 5.74) is 4.76. The molecule has 0 saturated heterocycles. The summed E-state index contributed by atoms with van der Waals surface area (Å²) in [6, 6.07) is 0. The Morgan fingerprint density at radius 2 is 1.88 bits per heavy atom. The molecule has 0 aliphatic rings. The van der Waals surface area contributed by atoms with Crippen molar-refractivity contribution in [1.29, 1.82) is 0 Å². The van der Waals surface area contributed by atoms with Crippen LogP contribution in [0.4, 0.5) is 0 Å². The number of hydrogen-bond donors (Lipinski definition) is 2. The number of esters is 1. The van der Waals surface area contributed by atoms with E-state index < -0.39 is 23.5 Å². The predicted octanol–water partition coefficient (Wildman–Crippen LogP) is 1.49. The van der Waals surface area contributed by atoms with Crippen molar-refractivity contribution >= 4 is 27.9 Å². The molecule has 2 unspecified atom stereocenters. The molecule has 0 spiro atoms. The molecule has 0 aromatic rings. The molecule has 16 heavy (non-hydrogen) atoms. The van der Waals surface area contributed by atoms with E-state index in [0.717, 1.165) is 0 Å². The first kappa shape index (κ1) is 15.4. The molecule has 0 aromatic heterocycles. The Morgan fingerprint density at radius 3 is 2.19 bits per heavy atom. The molecule has 94 valence electrons. The number of nitrogens with two attached hydrogens (primary N) is 1. The van der Waals surface area contributed by atoms with E-state index in [9.17, 15) is 9.59 Å². The number of carboxylic acid groups (broad SMARTS) is 1. The van der Waals surface area contributed by atoms with Crippen molar-refractivity contribution in [3.63, 3.8) is 0 Å². The zero-order valence-corrected chi connectivity index (χ0v) is 11.3. The van der Waals surface area contributed by atoms with Gasteiger partial charge in [-0.3, -0.25) is 9.59 Å². The number of rotatable bonds is 5. The SMILES string of the molecule is CC(C)(C)OC(=O)C(CCC(N)Br)C(=O)O. The van der Waals surface area contributed by atoms with Crippen molar-refractivity contribution in [2.45, 2.75) is 44.2 Å². The quantitative estimate of drug-likeness (QED) is 0.347. The molecule has 6 heteroatoms. The number of alkyl halides is 1. The van der Waals surface area contributed by atoms with Gasteiger partial charge in [0.15, 0.2) is 5.92 Å². The van der Waals surface area contributed by atoms with Gasteiger partial charge >= 0.3 is 11.9 Å². The van der Waals surface area contributed by atoms with Gasteiger partial charge in [-0.05, 0) is 33.6 Å². The molecule has 0 fully saturated rings. The van der Waals surface area contributed by atoms with Gasteiger partial charge in [0, 0.05) is 0 Å². The van der Waals surface area contributed by atoms with Crippen molar-refractivity contribution < 1.29 is 19.4 Å². The van der Waals surface area contributed by atoms with Gasteiger partial charge in [-0.2, -0.15) is 0 Å². The summed E-state index contributed by atoms with van der Waals surface area (Å²) >= 11 is 3.10. The highest BCUT2D eigenvalue weighted by Gasteiger charge is 2.30. The topological polar surface area (TPSA) is 89.6 Å². The number of carbonyl (C=O) groups is 2. The molecule has 0 heterocycles. The van der Waals surface area contributed by atoms with Gasteiger partial charge in [0.2, 0.25) is 0 Å². The van der Waals surface area contributed by atoms with Crippen LogP contribution in [0.1, 0.15) is 33.6 Å². The Bertz CT molecular complexity index is 260. The summed E-state index contributed by atoms with van der Waals surface area (Å²) in [5, 5.41) is 8.90. The van der Waals surface area contributed by atoms with E-state index in [-0.39, 0.29) is 11.4 Å². The number of hydrogen-bond acceptors (Lipinski definition) is 4. The number of aliphatic carboxylic acids is 1. The van der Waals surface area contributed by atoms with E-state index in [2.05, 4.69) is 15.9 Å². The van der Waals surface area contributed by atoms with E-state index in [1.807, 2.05) is 0 Å². The second-order valence-corrected chi connectivity index (χ2v) is 5.69. The van der Waals surface area contributed by atoms with Gasteiger partial charge in [0.05, 0.1) is 4.95 Å². The number of ether oxygens (including phenoxy) is 1. The molecule has 2 atom stereocenters. The molecule has 0 rings (SSSR count). The molecular formula is C10H18BrNO4. The van der Waals surface area contributed by atoms with E-state index in [4.69, 9.17) is 15.6 Å². The molecule has 0 bridgehead atoms. The fraction of sp³-hybridized carbons (Fsp3) is 0.800. The van der Waals surface area contributed by atoms with Gasteiger partial charge in [-0.1, -0.05) is 15.9 Å². The molecule has 5 nitrogen and oxygen atoms in total. The maximum Gasteiger partial charge on any atom is 0.320 e. The van der Waals surface area contributed by atoms with Crippen LogP contribution in [0, 0.1) is 5.92 Å². The van der Waals surface area contributed by atoms with E-state index in [1.165, 1.54) is 0 Å². The minimum atomic E-state index is -1.18. The molecule has 3 N–H and O–H groups in total. The Morgan fingerprint density at radius 1 is 1.38 bits per heavy atom. The zero-order valence-electron chi connectivity index (χ0n) is 9.70. The van der Waals surface area contributed by atoms with Crippen molar-refractivity contribution in [3.05, 3.63) is 0 Å². The summed E-state index contributed by atoms with van der Waals surface area (Å²) in [6.07, 6.45) is 0.562. The smallest absolute Gasteiger partial charge is 0.320 e. The molecular weight excluding hydrogens is 278 g/mol. The summed E-state index contributed by atoms with van der Waals surface area (Å²) < 4.78 is 5.02. The largest absolute Gasteiger partial charge is 0.481 e. The normalized spacial score (nSPS) is 15.3. The van der Waals surface area contributed by atoms with Crippen LogP contribution in [-0.2, 0) is 14.3 Å². The lowest BCUT2D eigenvalue weighted by atomic mass is 10.0. The first-order chi connectivity index (χ1) is 7.13. The van der Waals surface area contributed by atoms with E-state index in [1.54, 1.807) is 20.8 Å². The average Bonchev–Trinajstić information content (AvgIpc) is 1.98. The minimum Gasteiger partial charge on any atom is -0.481 e. The third kappa shape index (κ3) is 6.79. The maximum absolute atomic E-state index is 11.6. The lowest BCUT2D eigenvalue weighted by Gasteiger charge is -2.22. The molecule has 0 amide bonds. The monoisotopic (exact) mass is 295 g/mol. The van der Waals surface area contributed by atoms with Crippen molar-refractivity contribution in [2.75, 3.05) is 0 Å². The Labute approximate surface area is 103 Å². The standard InChI is InChI=1S/C10H18BrNO4/c1-10(2,3)16-9(15)6(8(13)14)4-5-7(11)12/h6-7H,4-5,12H2,1-3H3,(H,13,14). The summed E-state index contributed by atoms with van der Waals surface area (Å²) in [7, 11) is 0. The highest BCUT2D eigenvalue weighted by Crippen LogP contribution is 2.17. The van der Waals surface area contributed by atoms with E-state index >= 15 is 0 Å². The van der Waals surface area contributed by atoms with Gasteiger partial charge in [-0.15, -0.1) is 0 Å². The van der Waals surface area contributed by atoms with Crippen LogP contribution in [0.15, 0.2) is 0 Å². The average molecular weight is 296 g/mol. The second kappa shape index (κ2) is 6.20. The number of halogens is 1. The van der Waals surface area contributed by atoms with Crippen LogP contribution in [0.5, 0.6) is 0 Å². The summed E-state index contributed by atoms with van der Waals surface area (Å²) in [5.74, 6) is -3.04. The van der Waals surface area contributed by atoms with Gasteiger partial charge in [0.1, 0.15) is 5.60 Å². The highest BCUT2D eigenvalue weighted by atomic mass is 79.9. The fourth-order valence-corrected chi connectivity index (χ4v) is 1.31. The van der Waals surface area contributed by atoms with Crippen LogP contribution in [0.25, 0.3) is 0 Å². The van der Waals surface area contributed by atoms with Crippen molar-refractivity contribution in [2.24, 2.45) is 11.7 Å². The van der Waals surface area contributed by atoms with Gasteiger partial charge in [-0.25, -0.2) is 0 Å². The Balaban J connectivity index is 4.42. The maximum atomic E-state index is 11.6.